The van der Waals surface area contributed by atoms with Gasteiger partial charge in [-0.15, -0.1) is 4.99 Å². The minimum Gasteiger partial charge on any atom is -0.443 e. The van der Waals surface area contributed by atoms with Gasteiger partial charge < -0.3 is 25.9 Å². The summed E-state index contributed by atoms with van der Waals surface area (Å²) in [4.78, 5) is 30.6. The van der Waals surface area contributed by atoms with Crippen LogP contribution in [0, 0.1) is 5.82 Å². The molecule has 0 aliphatic carbocycles. The molecule has 0 saturated carbocycles. The monoisotopic (exact) mass is 536 g/mol. The maximum Gasteiger partial charge on any atom is 0.437 e. The number of carbonyl (C=O) groups excluding carboxylic acids is 1. The first-order chi connectivity index (χ1) is 17.7. The van der Waals surface area contributed by atoms with Crippen molar-refractivity contribution in [3.63, 3.8) is 0 Å². The van der Waals surface area contributed by atoms with Crippen LogP contribution in [0.25, 0.3) is 11.1 Å². The number of ether oxygens (including phenoxy) is 1. The van der Waals surface area contributed by atoms with Crippen molar-refractivity contribution in [3.8, 4) is 11.1 Å². The zero-order valence-corrected chi connectivity index (χ0v) is 21.1. The van der Waals surface area contributed by atoms with Crippen LogP contribution in [-0.2, 0) is 26.2 Å². The lowest BCUT2D eigenvalue weighted by Crippen LogP contribution is -2.35. The van der Waals surface area contributed by atoms with Gasteiger partial charge in [0.1, 0.15) is 19.0 Å². The molecular formula is C22H29FN8O5S. The van der Waals surface area contributed by atoms with E-state index in [2.05, 4.69) is 24.8 Å². The number of hydrogen-bond donors (Lipinski definition) is 3. The van der Waals surface area contributed by atoms with Gasteiger partial charge in [-0.3, -0.25) is 0 Å². The number of aliphatic imine (C=N–C) groups is 1. The van der Waals surface area contributed by atoms with Crippen molar-refractivity contribution in [3.05, 3.63) is 42.0 Å². The number of nitrogens with zero attached hydrogens (tertiary/aromatic N) is 5. The molecule has 3 rings (SSSR count). The Labute approximate surface area is 213 Å². The number of halogens is 1. The summed E-state index contributed by atoms with van der Waals surface area (Å²) in [7, 11) is -3.25. The molecule has 15 heteroatoms. The highest BCUT2D eigenvalue weighted by molar-refractivity contribution is 7.89. The van der Waals surface area contributed by atoms with E-state index in [-0.39, 0.29) is 36.6 Å². The Bertz CT molecular complexity index is 1240. The van der Waals surface area contributed by atoms with Crippen molar-refractivity contribution < 1.29 is 27.2 Å². The van der Waals surface area contributed by atoms with Crippen LogP contribution in [0.3, 0.4) is 0 Å². The number of rotatable bonds is 10. The second-order valence-corrected chi connectivity index (χ2v) is 10.0. The highest BCUT2D eigenvalue weighted by Gasteiger charge is 2.19. The molecule has 1 fully saturated rings. The molecule has 0 unspecified atom stereocenters. The molecular weight excluding hydrogens is 507 g/mol. The van der Waals surface area contributed by atoms with Crippen LogP contribution >= 0.6 is 0 Å². The summed E-state index contributed by atoms with van der Waals surface area (Å²) in [6, 6.07) is 4.69. The van der Waals surface area contributed by atoms with Gasteiger partial charge in [-0.2, -0.15) is 0 Å². The summed E-state index contributed by atoms with van der Waals surface area (Å²) in [5, 5.41) is 4.09. The van der Waals surface area contributed by atoms with E-state index in [4.69, 9.17) is 21.0 Å². The molecule has 0 atom stereocenters. The lowest BCUT2D eigenvalue weighted by Gasteiger charge is -2.27. The number of nitrogens with one attached hydrogen (secondary N) is 1. The van der Waals surface area contributed by atoms with Gasteiger partial charge >= 0.3 is 6.09 Å². The number of benzene rings is 1. The Morgan fingerprint density at radius 3 is 2.57 bits per heavy atom. The number of guanidine groups is 1. The first-order valence-electron chi connectivity index (χ1n) is 11.4. The maximum atomic E-state index is 15.0. The fraction of sp³-hybridized carbons (Fsp3) is 0.409. The van der Waals surface area contributed by atoms with Gasteiger partial charge in [-0.25, -0.2) is 32.3 Å². The molecule has 1 aromatic heterocycles. The number of amides is 1. The van der Waals surface area contributed by atoms with Gasteiger partial charge in [0.15, 0.2) is 5.96 Å². The fourth-order valence-electron chi connectivity index (χ4n) is 3.35. The molecule has 2 aromatic rings. The summed E-state index contributed by atoms with van der Waals surface area (Å²) >= 11 is 0. The van der Waals surface area contributed by atoms with Crippen molar-refractivity contribution in [2.24, 2.45) is 21.6 Å². The molecule has 37 heavy (non-hydrogen) atoms. The summed E-state index contributed by atoms with van der Waals surface area (Å²) in [5.41, 5.74) is 12.0. The van der Waals surface area contributed by atoms with Crippen LogP contribution in [-0.4, -0.2) is 68.1 Å². The Morgan fingerprint density at radius 2 is 1.92 bits per heavy atom. The van der Waals surface area contributed by atoms with Gasteiger partial charge in [0, 0.05) is 61.6 Å². The van der Waals surface area contributed by atoms with E-state index < -0.39 is 27.9 Å². The standard InChI is InChI=1S/C22H29FN8O5S/c1-2-37(33,34)28-8-11-36-30-17-6-9-31(10-7-17)21-26-12-16(13-27-21)18-5-3-4-15(19(18)23)14-35-22(32)29-20(24)25/h3-5,12-13,28H,2,6-11,14H2,1H3,(H4,24,25,29,32). The third-order valence-electron chi connectivity index (χ3n) is 5.31. The van der Waals surface area contributed by atoms with Gasteiger partial charge in [-0.05, 0) is 6.92 Å². The summed E-state index contributed by atoms with van der Waals surface area (Å²) in [6.45, 7) is 2.76. The molecule has 0 bridgehead atoms. The lowest BCUT2D eigenvalue weighted by molar-refractivity contribution is 0.148. The molecule has 1 aromatic carbocycles. The number of oxime groups is 1. The number of carbonyl (C=O) groups is 1. The van der Waals surface area contributed by atoms with Gasteiger partial charge in [0.05, 0.1) is 11.5 Å². The molecule has 1 aliphatic heterocycles. The molecule has 1 amide bonds. The number of anilines is 1. The third kappa shape index (κ3) is 8.35. The maximum absolute atomic E-state index is 15.0. The van der Waals surface area contributed by atoms with Crippen molar-refractivity contribution in [2.75, 3.05) is 36.9 Å². The topological polar surface area (TPSA) is 187 Å². The molecule has 13 nitrogen and oxygen atoms in total. The van der Waals surface area contributed by atoms with Crippen LogP contribution in [0.4, 0.5) is 15.1 Å². The average molecular weight is 537 g/mol. The van der Waals surface area contributed by atoms with Gasteiger partial charge in [0.25, 0.3) is 0 Å². The van der Waals surface area contributed by atoms with E-state index in [0.29, 0.717) is 37.4 Å². The predicted molar refractivity (Wildman–Crippen MR) is 136 cm³/mol. The van der Waals surface area contributed by atoms with Crippen LogP contribution < -0.4 is 21.1 Å². The number of nitrogens with two attached hydrogens (primary N) is 2. The van der Waals surface area contributed by atoms with Gasteiger partial charge in [-0.1, -0.05) is 23.4 Å². The fourth-order valence-corrected chi connectivity index (χ4v) is 3.95. The van der Waals surface area contributed by atoms with Crippen molar-refractivity contribution in [2.45, 2.75) is 26.4 Å². The van der Waals surface area contributed by atoms with Crippen LogP contribution in [0.2, 0.25) is 0 Å². The first-order valence-corrected chi connectivity index (χ1v) is 13.1. The average Bonchev–Trinajstić information content (AvgIpc) is 2.88. The summed E-state index contributed by atoms with van der Waals surface area (Å²) in [6.07, 6.45) is 3.32. The first kappa shape index (κ1) is 27.7. The zero-order chi connectivity index (χ0) is 26.8. The SMILES string of the molecule is CCS(=O)(=O)NCCON=C1CCN(c2ncc(-c3cccc(COC(=O)N=C(N)N)c3F)cn2)CC1. The minimum absolute atomic E-state index is 0.0145. The predicted octanol–water partition coefficient (Wildman–Crippen LogP) is 1.10. The quantitative estimate of drug-likeness (QED) is 0.172. The number of sulfonamides is 1. The van der Waals surface area contributed by atoms with Crippen LogP contribution in [0.1, 0.15) is 25.3 Å². The number of piperidine rings is 1. The van der Waals surface area contributed by atoms with Crippen LogP contribution in [0.15, 0.2) is 40.7 Å². The number of hydrogen-bond acceptors (Lipinski definition) is 9. The summed E-state index contributed by atoms with van der Waals surface area (Å²) < 4.78 is 45.0. The van der Waals surface area contributed by atoms with Crippen molar-refractivity contribution in [1.29, 1.82) is 0 Å². The second-order valence-electron chi connectivity index (χ2n) is 7.92. The molecule has 1 aliphatic rings. The zero-order valence-electron chi connectivity index (χ0n) is 20.3. The Balaban J connectivity index is 1.53. The van der Waals surface area contributed by atoms with Crippen molar-refractivity contribution >= 4 is 33.7 Å². The van der Waals surface area contributed by atoms with Crippen molar-refractivity contribution in [1.82, 2.24) is 14.7 Å². The largest absolute Gasteiger partial charge is 0.443 e. The molecule has 0 spiro atoms. The lowest BCUT2D eigenvalue weighted by atomic mass is 10.1. The van der Waals surface area contributed by atoms with Crippen LogP contribution in [0.5, 0.6) is 0 Å². The van der Waals surface area contributed by atoms with E-state index in [0.717, 1.165) is 5.71 Å². The molecule has 1 saturated heterocycles. The number of aromatic nitrogens is 2. The third-order valence-corrected chi connectivity index (χ3v) is 6.72. The Kier molecular flexibility index (Phi) is 9.68. The Morgan fingerprint density at radius 1 is 1.22 bits per heavy atom. The van der Waals surface area contributed by atoms with E-state index in [9.17, 15) is 17.6 Å². The molecule has 2 heterocycles. The smallest absolute Gasteiger partial charge is 0.437 e. The molecule has 0 radical (unpaired) electrons. The minimum atomic E-state index is -3.25. The molecule has 5 N–H and O–H groups in total. The second kappa shape index (κ2) is 12.9. The highest BCUT2D eigenvalue weighted by atomic mass is 32.2. The molecule has 200 valence electrons. The van der Waals surface area contributed by atoms with E-state index in [1.807, 2.05) is 4.90 Å². The van der Waals surface area contributed by atoms with E-state index >= 15 is 0 Å². The van der Waals surface area contributed by atoms with Gasteiger partial charge in [0.2, 0.25) is 16.0 Å². The van der Waals surface area contributed by atoms with E-state index in [1.165, 1.54) is 18.5 Å². The summed E-state index contributed by atoms with van der Waals surface area (Å²) in [5.74, 6) is -0.504. The van der Waals surface area contributed by atoms with E-state index in [1.54, 1.807) is 19.1 Å². The normalized spacial score (nSPS) is 13.7. The Hall–Kier alpha value is -3.85. The highest BCUT2D eigenvalue weighted by Crippen LogP contribution is 2.26.